The van der Waals surface area contributed by atoms with Gasteiger partial charge in [-0.15, -0.1) is 0 Å². The summed E-state index contributed by atoms with van der Waals surface area (Å²) in [5.41, 5.74) is 1.34. The smallest absolute Gasteiger partial charge is 0.224 e. The van der Waals surface area contributed by atoms with E-state index in [0.717, 1.165) is 58.4 Å². The third-order valence-corrected chi connectivity index (χ3v) is 7.41. The van der Waals surface area contributed by atoms with E-state index >= 15 is 0 Å². The molecule has 0 bridgehead atoms. The van der Waals surface area contributed by atoms with Crippen molar-refractivity contribution in [3.05, 3.63) is 30.1 Å². The number of piperidine rings is 2. The first-order valence-corrected chi connectivity index (χ1v) is 11.8. The van der Waals surface area contributed by atoms with Crippen molar-refractivity contribution in [1.29, 1.82) is 0 Å². The summed E-state index contributed by atoms with van der Waals surface area (Å²) in [6.07, 6.45) is 14.6. The molecule has 1 saturated carbocycles. The molecule has 3 fully saturated rings. The largest absolute Gasteiger partial charge is 0.351 e. The number of amides is 1. The highest BCUT2D eigenvalue weighted by Crippen LogP contribution is 2.29. The first kappa shape index (κ1) is 20.8. The van der Waals surface area contributed by atoms with E-state index in [9.17, 15) is 4.79 Å². The van der Waals surface area contributed by atoms with Gasteiger partial charge in [-0.05, 0) is 76.7 Å². The number of aromatic nitrogens is 1. The van der Waals surface area contributed by atoms with Gasteiger partial charge in [-0.1, -0.05) is 25.3 Å². The predicted molar refractivity (Wildman–Crippen MR) is 116 cm³/mol. The zero-order chi connectivity index (χ0) is 20.1. The van der Waals surface area contributed by atoms with Crippen LogP contribution in [0.4, 0.5) is 0 Å². The van der Waals surface area contributed by atoms with Gasteiger partial charge in [-0.25, -0.2) is 0 Å². The summed E-state index contributed by atoms with van der Waals surface area (Å²) < 4.78 is 0. The Morgan fingerprint density at radius 3 is 2.66 bits per heavy atom. The first-order chi connectivity index (χ1) is 14.1. The van der Waals surface area contributed by atoms with E-state index in [1.807, 2.05) is 18.5 Å². The van der Waals surface area contributed by atoms with Crippen molar-refractivity contribution < 1.29 is 4.79 Å². The van der Waals surface area contributed by atoms with Crippen LogP contribution in [0.15, 0.2) is 24.5 Å². The number of likely N-dealkylation sites (tertiary alicyclic amines) is 2. The number of hydrogen-bond acceptors (Lipinski definition) is 4. The SMILES string of the molecule is CC1(NC(=O)[C@H]2CCCN(C3CCN(Cc4cccnc4)CC3)C2)CCCCC1. The molecule has 0 aromatic carbocycles. The maximum atomic E-state index is 13.0. The molecule has 29 heavy (non-hydrogen) atoms. The zero-order valence-electron chi connectivity index (χ0n) is 18.1. The van der Waals surface area contributed by atoms with Gasteiger partial charge in [0.05, 0.1) is 5.92 Å². The molecule has 3 aliphatic rings. The molecule has 3 heterocycles. The molecule has 2 saturated heterocycles. The molecule has 0 spiro atoms. The Hall–Kier alpha value is -1.46. The number of nitrogens with one attached hydrogen (secondary N) is 1. The van der Waals surface area contributed by atoms with Crippen LogP contribution in [-0.4, -0.2) is 58.5 Å². The number of hydrogen-bond donors (Lipinski definition) is 1. The summed E-state index contributed by atoms with van der Waals surface area (Å²) in [7, 11) is 0. The van der Waals surface area contributed by atoms with Crippen molar-refractivity contribution in [2.45, 2.75) is 82.8 Å². The van der Waals surface area contributed by atoms with Crippen molar-refractivity contribution in [1.82, 2.24) is 20.1 Å². The first-order valence-electron chi connectivity index (χ1n) is 11.8. The Balaban J connectivity index is 1.25. The minimum Gasteiger partial charge on any atom is -0.351 e. The highest BCUT2D eigenvalue weighted by molar-refractivity contribution is 5.79. The summed E-state index contributed by atoms with van der Waals surface area (Å²) in [5, 5.41) is 3.44. The van der Waals surface area contributed by atoms with Crippen LogP contribution in [0.25, 0.3) is 0 Å². The standard InChI is InChI=1S/C24H38N4O/c1-24(11-3-2-4-12-24)26-23(29)21-8-6-14-28(19-21)22-9-15-27(16-10-22)18-20-7-5-13-25-17-20/h5,7,13,17,21-22H,2-4,6,8-12,14-16,18-19H2,1H3,(H,26,29)/t21-/m0/s1. The second-order valence-electron chi connectivity index (χ2n) is 9.81. The Morgan fingerprint density at radius 1 is 1.14 bits per heavy atom. The molecule has 2 aliphatic heterocycles. The number of carbonyl (C=O) groups excluding carboxylic acids is 1. The topological polar surface area (TPSA) is 48.5 Å². The van der Waals surface area contributed by atoms with E-state index in [2.05, 4.69) is 33.1 Å². The van der Waals surface area contributed by atoms with Gasteiger partial charge in [-0.3, -0.25) is 19.6 Å². The van der Waals surface area contributed by atoms with Gasteiger partial charge in [0, 0.05) is 37.1 Å². The zero-order valence-corrected chi connectivity index (χ0v) is 18.1. The lowest BCUT2D eigenvalue weighted by atomic mass is 9.82. The van der Waals surface area contributed by atoms with Crippen LogP contribution in [0.1, 0.15) is 70.3 Å². The van der Waals surface area contributed by atoms with E-state index in [1.54, 1.807) is 0 Å². The highest BCUT2D eigenvalue weighted by atomic mass is 16.2. The van der Waals surface area contributed by atoms with E-state index in [1.165, 1.54) is 37.7 Å². The normalized spacial score (nSPS) is 26.9. The van der Waals surface area contributed by atoms with Crippen LogP contribution in [0.3, 0.4) is 0 Å². The molecule has 1 N–H and O–H groups in total. The molecular formula is C24H38N4O. The Kier molecular flexibility index (Phi) is 6.86. The summed E-state index contributed by atoms with van der Waals surface area (Å²) in [6, 6.07) is 4.83. The summed E-state index contributed by atoms with van der Waals surface area (Å²) >= 11 is 0. The third kappa shape index (κ3) is 5.58. The van der Waals surface area contributed by atoms with Crippen molar-refractivity contribution in [3.8, 4) is 0 Å². The molecule has 0 radical (unpaired) electrons. The monoisotopic (exact) mass is 398 g/mol. The van der Waals surface area contributed by atoms with Crippen molar-refractivity contribution in [2.75, 3.05) is 26.2 Å². The van der Waals surface area contributed by atoms with Crippen molar-refractivity contribution in [2.24, 2.45) is 5.92 Å². The third-order valence-electron chi connectivity index (χ3n) is 7.41. The van der Waals surface area contributed by atoms with E-state index in [0.29, 0.717) is 11.9 Å². The molecular weight excluding hydrogens is 360 g/mol. The average Bonchev–Trinajstić information content (AvgIpc) is 2.75. The summed E-state index contributed by atoms with van der Waals surface area (Å²) in [5.74, 6) is 0.490. The van der Waals surface area contributed by atoms with Gasteiger partial charge in [0.1, 0.15) is 0 Å². The van der Waals surface area contributed by atoms with Gasteiger partial charge < -0.3 is 5.32 Å². The molecule has 160 valence electrons. The minimum absolute atomic E-state index is 0.0370. The minimum atomic E-state index is 0.0370. The van der Waals surface area contributed by atoms with Gasteiger partial charge in [0.2, 0.25) is 5.91 Å². The van der Waals surface area contributed by atoms with Crippen LogP contribution in [0.2, 0.25) is 0 Å². The van der Waals surface area contributed by atoms with Crippen LogP contribution in [0, 0.1) is 5.92 Å². The van der Waals surface area contributed by atoms with Crippen molar-refractivity contribution >= 4 is 5.91 Å². The number of pyridine rings is 1. The van der Waals surface area contributed by atoms with Crippen molar-refractivity contribution in [3.63, 3.8) is 0 Å². The van der Waals surface area contributed by atoms with Gasteiger partial charge in [-0.2, -0.15) is 0 Å². The maximum absolute atomic E-state index is 13.0. The van der Waals surface area contributed by atoms with Gasteiger partial charge in [0.15, 0.2) is 0 Å². The maximum Gasteiger partial charge on any atom is 0.224 e. The number of rotatable bonds is 5. The Morgan fingerprint density at radius 2 is 1.93 bits per heavy atom. The molecule has 1 aliphatic carbocycles. The van der Waals surface area contributed by atoms with E-state index in [-0.39, 0.29) is 11.5 Å². The summed E-state index contributed by atoms with van der Waals surface area (Å²) in [6.45, 7) is 7.66. The highest BCUT2D eigenvalue weighted by Gasteiger charge is 2.35. The summed E-state index contributed by atoms with van der Waals surface area (Å²) in [4.78, 5) is 22.4. The molecule has 5 nitrogen and oxygen atoms in total. The second-order valence-corrected chi connectivity index (χ2v) is 9.81. The number of nitrogens with zero attached hydrogens (tertiary/aromatic N) is 3. The molecule has 0 unspecified atom stereocenters. The van der Waals surface area contributed by atoms with Crippen LogP contribution < -0.4 is 5.32 Å². The lowest BCUT2D eigenvalue weighted by molar-refractivity contribution is -0.129. The fraction of sp³-hybridized carbons (Fsp3) is 0.750. The molecule has 5 heteroatoms. The molecule has 1 aromatic rings. The van der Waals surface area contributed by atoms with Gasteiger partial charge >= 0.3 is 0 Å². The molecule has 1 amide bonds. The lowest BCUT2D eigenvalue weighted by Gasteiger charge is -2.43. The fourth-order valence-corrected chi connectivity index (χ4v) is 5.60. The predicted octanol–water partition coefficient (Wildman–Crippen LogP) is 3.60. The fourth-order valence-electron chi connectivity index (χ4n) is 5.60. The molecule has 1 aromatic heterocycles. The number of carbonyl (C=O) groups is 1. The second kappa shape index (κ2) is 9.57. The quantitative estimate of drug-likeness (QED) is 0.823. The van der Waals surface area contributed by atoms with Crippen LogP contribution in [-0.2, 0) is 11.3 Å². The molecule has 1 atom stereocenters. The van der Waals surface area contributed by atoms with E-state index < -0.39 is 0 Å². The molecule has 4 rings (SSSR count). The van der Waals surface area contributed by atoms with E-state index in [4.69, 9.17) is 0 Å². The van der Waals surface area contributed by atoms with Gasteiger partial charge in [0.25, 0.3) is 0 Å². The van der Waals surface area contributed by atoms with Crippen LogP contribution >= 0.6 is 0 Å². The Bertz CT molecular complexity index is 650. The lowest BCUT2D eigenvalue weighted by Crippen LogP contribution is -2.54. The Labute approximate surface area is 176 Å². The average molecular weight is 399 g/mol. The van der Waals surface area contributed by atoms with Crippen LogP contribution in [0.5, 0.6) is 0 Å².